The molecule has 0 fully saturated rings. The number of aliphatic carboxylic acids is 1. The third-order valence-electron chi connectivity index (χ3n) is 12.1. The molecule has 10 N–H and O–H groups in total. The Labute approximate surface area is 543 Å². The van der Waals surface area contributed by atoms with E-state index in [1.54, 1.807) is 31.2 Å². The summed E-state index contributed by atoms with van der Waals surface area (Å²) in [5.41, 5.74) is 12.5. The molecule has 93 heavy (non-hydrogen) atoms. The van der Waals surface area contributed by atoms with Crippen LogP contribution in [0, 0.1) is 5.92 Å². The van der Waals surface area contributed by atoms with Crippen molar-refractivity contribution in [3.63, 3.8) is 0 Å². The summed E-state index contributed by atoms with van der Waals surface area (Å²) in [7, 11) is 0. The van der Waals surface area contributed by atoms with E-state index >= 15 is 0 Å². The minimum atomic E-state index is -1.16. The number of nitrogens with one attached hydrogen (secondary N) is 5. The number of hydrogen-bond acceptors (Lipinski definition) is 30. The first-order valence-electron chi connectivity index (χ1n) is 29.9. The van der Waals surface area contributed by atoms with Crippen LogP contribution in [-0.2, 0) is 107 Å². The maximum Gasteiger partial charge on any atom is 0.373 e. The van der Waals surface area contributed by atoms with Gasteiger partial charge in [-0.1, -0.05) is 0 Å². The summed E-state index contributed by atoms with van der Waals surface area (Å²) in [6, 6.07) is 4.85. The van der Waals surface area contributed by atoms with Crippen molar-refractivity contribution in [1.29, 1.82) is 0 Å². The Kier molecular flexibility index (Phi) is 51.9. The molecule has 0 aliphatic carbocycles. The summed E-state index contributed by atoms with van der Waals surface area (Å²) in [5, 5.41) is 20.7. The van der Waals surface area contributed by atoms with Crippen molar-refractivity contribution in [2.45, 2.75) is 64.1 Å². The smallest absolute Gasteiger partial charge is 0.373 e. The average Bonchev–Trinajstić information content (AvgIpc) is 0.918. The van der Waals surface area contributed by atoms with Crippen molar-refractivity contribution in [3.8, 4) is 0 Å². The lowest BCUT2D eigenvalue weighted by Gasteiger charge is -2.17. The second-order valence-electron chi connectivity index (χ2n) is 19.2. The monoisotopic (exact) mass is 1340 g/mol. The predicted molar refractivity (Wildman–Crippen MR) is 330 cm³/mol. The van der Waals surface area contributed by atoms with Crippen LogP contribution in [-0.4, -0.2) is 262 Å². The lowest BCUT2D eigenvalue weighted by molar-refractivity contribution is -0.193. The molecule has 0 saturated carbocycles. The summed E-state index contributed by atoms with van der Waals surface area (Å²) >= 11 is 4.08. The largest absolute Gasteiger partial charge is 0.481 e. The molecule has 1 aromatic carbocycles. The van der Waals surface area contributed by atoms with Gasteiger partial charge in [-0.2, -0.15) is 36.8 Å². The molecule has 2 heterocycles. The fourth-order valence-corrected chi connectivity index (χ4v) is 7.45. The molecule has 3 aromatic rings. The fourth-order valence-electron chi connectivity index (χ4n) is 7.30. The number of nitrogen functional groups attached to an aromatic ring is 1. The third-order valence-corrected chi connectivity index (χ3v) is 12.4. The van der Waals surface area contributed by atoms with Crippen molar-refractivity contribution in [2.75, 3.05) is 188 Å². The number of Topliss-reactive ketones (excluding diaryl/α,β-unsaturated/α-hetero) is 2. The number of carbonyl (C=O) groups excluding carboxylic acids is 9. The minimum Gasteiger partial charge on any atom is -0.481 e. The summed E-state index contributed by atoms with van der Waals surface area (Å²) in [4.78, 5) is 133. The maximum atomic E-state index is 12.9. The number of ketones is 2. The Balaban J connectivity index is 0.00000692. The molecule has 0 aliphatic heterocycles. The van der Waals surface area contributed by atoms with E-state index < -0.39 is 35.4 Å². The van der Waals surface area contributed by atoms with E-state index in [1.807, 2.05) is 0 Å². The van der Waals surface area contributed by atoms with Gasteiger partial charge in [-0.25, -0.2) is 9.97 Å². The first kappa shape index (κ1) is 83.9. The van der Waals surface area contributed by atoms with E-state index in [1.165, 1.54) is 6.20 Å². The van der Waals surface area contributed by atoms with Crippen LogP contribution < -0.4 is 38.3 Å². The molecule has 0 saturated heterocycles. The number of aromatic amines is 1. The van der Waals surface area contributed by atoms with Crippen LogP contribution in [0.25, 0.3) is 11.2 Å². The summed E-state index contributed by atoms with van der Waals surface area (Å²) in [6.45, 7) is 11.2. The van der Waals surface area contributed by atoms with Gasteiger partial charge in [0.1, 0.15) is 6.04 Å². The highest BCUT2D eigenvalue weighted by atomic mass is 32.1. The fraction of sp³-hybridized carbons (Fsp3) is 0.655. The van der Waals surface area contributed by atoms with E-state index in [0.29, 0.717) is 181 Å². The first-order chi connectivity index (χ1) is 45.1. The van der Waals surface area contributed by atoms with Crippen LogP contribution in [0.2, 0.25) is 0 Å². The Morgan fingerprint density at radius 1 is 0.613 bits per heavy atom. The maximum absolute atomic E-state index is 12.9. The molecule has 0 spiro atoms. The number of benzene rings is 1. The lowest BCUT2D eigenvalue weighted by Crippen LogP contribution is -2.51. The van der Waals surface area contributed by atoms with Crippen molar-refractivity contribution >= 4 is 83.0 Å². The quantitative estimate of drug-likeness (QED) is 0.0181. The Bertz CT molecular complexity index is 2640. The Morgan fingerprint density at radius 3 is 1.48 bits per heavy atom. The molecule has 0 bridgehead atoms. The molecule has 3 atom stereocenters. The molecule has 522 valence electrons. The number of rotatable bonds is 57. The number of thiol groups is 1. The summed E-state index contributed by atoms with van der Waals surface area (Å²) in [5.74, 6) is -3.31. The average molecular weight is 1340 g/mol. The van der Waals surface area contributed by atoms with Crippen LogP contribution in [0.4, 0.5) is 11.6 Å². The number of carboxylic acids is 1. The Hall–Kier alpha value is -7.15. The van der Waals surface area contributed by atoms with Gasteiger partial charge in [0, 0.05) is 50.0 Å². The molecule has 0 unspecified atom stereocenters. The van der Waals surface area contributed by atoms with Gasteiger partial charge in [0.15, 0.2) is 22.7 Å². The number of amides is 3. The molecule has 0 aliphatic rings. The molecule has 3 amide bonds. The number of aromatic nitrogens is 4. The van der Waals surface area contributed by atoms with Crippen LogP contribution in [0.5, 0.6) is 0 Å². The van der Waals surface area contributed by atoms with Gasteiger partial charge in [0.05, 0.1) is 189 Å². The lowest BCUT2D eigenvalue weighted by atomic mass is 9.94. The third kappa shape index (κ3) is 45.7. The zero-order valence-electron chi connectivity index (χ0n) is 52.4. The second-order valence-corrected chi connectivity index (χ2v) is 19.6. The van der Waals surface area contributed by atoms with Crippen molar-refractivity contribution in [1.82, 2.24) is 35.9 Å². The molecule has 34 nitrogen and oxygen atoms in total. The van der Waals surface area contributed by atoms with E-state index in [2.05, 4.69) is 53.8 Å². The number of anilines is 2. The van der Waals surface area contributed by atoms with Crippen molar-refractivity contribution < 1.29 is 110 Å². The standard InChI is InChI=1S/C56H90N10O20S.2CO2/c1-41(47(67)3-2-36-87)63-53(71)46(57)40-61-50(70)10-12-75-14-16-77-18-20-79-22-24-81-26-28-83-30-32-85-34-35-86-33-31-84-29-27-82-25-23-80-21-19-78-17-15-76-13-11-59-49(69)9-6-43(55(73)74)37-48(68)42-4-7-44(8-5-42)60-38-45-39-62-52-51(64-45)54(72)66-56(58)65-52;2*2-1-3/h4-5,7-8,39,41,43,46,60,87H,2-3,6,9-38,40,57H2,1H3,(H,59,69)(H,61,70)(H,63,71)(H,73,74)(H3,58,62,65,66,72);;/t41-,43-,46-;;/m0../s1. The van der Waals surface area contributed by atoms with Crippen molar-refractivity contribution in [2.24, 2.45) is 11.7 Å². The van der Waals surface area contributed by atoms with Gasteiger partial charge in [-0.05, 0) is 49.8 Å². The van der Waals surface area contributed by atoms with Crippen LogP contribution in [0.3, 0.4) is 0 Å². The summed E-state index contributed by atoms with van der Waals surface area (Å²) < 4.78 is 65.8. The normalized spacial score (nSPS) is 11.8. The molecule has 2 aromatic heterocycles. The first-order valence-corrected chi connectivity index (χ1v) is 30.5. The molecule has 3 rings (SSSR count). The highest BCUT2D eigenvalue weighted by Gasteiger charge is 2.24. The number of nitrogens with zero attached hydrogens (tertiary/aromatic N) is 3. The zero-order valence-corrected chi connectivity index (χ0v) is 53.3. The topological polar surface area (TPSA) is 473 Å². The van der Waals surface area contributed by atoms with E-state index in [9.17, 15) is 38.7 Å². The number of nitrogens with two attached hydrogens (primary N) is 2. The van der Waals surface area contributed by atoms with Crippen LogP contribution in [0.15, 0.2) is 35.3 Å². The second kappa shape index (κ2) is 57.5. The van der Waals surface area contributed by atoms with Gasteiger partial charge in [-0.15, -0.1) is 0 Å². The van der Waals surface area contributed by atoms with Crippen LogP contribution >= 0.6 is 12.6 Å². The van der Waals surface area contributed by atoms with E-state index in [0.717, 1.165) is 0 Å². The van der Waals surface area contributed by atoms with Gasteiger partial charge in [0.2, 0.25) is 23.7 Å². The minimum absolute atomic E-state index is 0.0112. The number of carboxylic acid groups (broad SMARTS) is 1. The van der Waals surface area contributed by atoms with Gasteiger partial charge < -0.3 is 94.7 Å². The number of carbonyl (C=O) groups is 6. The van der Waals surface area contributed by atoms with Crippen molar-refractivity contribution in [3.05, 3.63) is 52.1 Å². The molecular weight excluding hydrogens is 1250 g/mol. The molecule has 0 radical (unpaired) electrons. The number of hydrogen-bond donors (Lipinski definition) is 9. The zero-order chi connectivity index (χ0) is 68.4. The number of ether oxygens (including phenoxy) is 12. The summed E-state index contributed by atoms with van der Waals surface area (Å²) in [6.07, 6.45) is 2.67. The van der Waals surface area contributed by atoms with E-state index in [4.69, 9.17) is 87.5 Å². The van der Waals surface area contributed by atoms with E-state index in [-0.39, 0.29) is 111 Å². The molecular formula is C58H90N10O24S. The predicted octanol–water partition coefficient (Wildman–Crippen LogP) is -1.27. The Morgan fingerprint density at radius 2 is 1.04 bits per heavy atom. The van der Waals surface area contributed by atoms with Gasteiger partial charge >= 0.3 is 18.3 Å². The van der Waals surface area contributed by atoms with Crippen LogP contribution in [0.1, 0.15) is 61.5 Å². The molecule has 35 heteroatoms. The number of H-pyrrole nitrogens is 1. The highest BCUT2D eigenvalue weighted by Crippen LogP contribution is 2.18. The highest BCUT2D eigenvalue weighted by molar-refractivity contribution is 7.80. The number of fused-ring (bicyclic) bond motifs is 1. The van der Waals surface area contributed by atoms with Gasteiger partial charge in [0.25, 0.3) is 5.56 Å². The SMILES string of the molecule is C[C@H](NC(=O)[C@@H](N)CNC(=O)CCOCCOCCOCCOCCOCCOCCOCCOCCOCCOCCOCCOCCNC(=O)CC[C@@H](CC(=O)c1ccc(NCc2cnc3nc(N)[nH]c(=O)c3n2)cc1)C(=O)O)C(=O)CCCS.O=C=O.O=C=O. The van der Waals surface area contributed by atoms with Gasteiger partial charge in [-0.3, -0.25) is 38.5 Å².